The molecule has 1 N–H and O–H groups in total. The van der Waals surface area contributed by atoms with Gasteiger partial charge in [0, 0.05) is 33.9 Å². The van der Waals surface area contributed by atoms with Crippen LogP contribution in [0.15, 0.2) is 60.7 Å². The standard InChI is InChI=1S/C25H33N3O4/c1-4-24-23(18-27(15-16-30-2)17-21(29)19-31-3)25(32-22-13-9-6-10-14-22)28(26-24)20-11-7-5-8-12-20/h5-14,21,29H,4,15-19H2,1-3H3/t21-/m0/s1. The lowest BCUT2D eigenvalue weighted by Gasteiger charge is -2.25. The number of nitrogens with zero attached hydrogens (tertiary/aromatic N) is 3. The average molecular weight is 440 g/mol. The van der Waals surface area contributed by atoms with Crippen LogP contribution in [0.1, 0.15) is 18.2 Å². The lowest BCUT2D eigenvalue weighted by atomic mass is 10.1. The number of hydrogen-bond acceptors (Lipinski definition) is 6. The van der Waals surface area contributed by atoms with E-state index < -0.39 is 6.10 Å². The highest BCUT2D eigenvalue weighted by Crippen LogP contribution is 2.32. The molecule has 0 radical (unpaired) electrons. The van der Waals surface area contributed by atoms with Crippen molar-refractivity contribution in [2.75, 3.05) is 40.5 Å². The molecule has 0 aliphatic heterocycles. The number of rotatable bonds is 13. The second kappa shape index (κ2) is 12.4. The molecule has 0 saturated carbocycles. The van der Waals surface area contributed by atoms with Gasteiger partial charge >= 0.3 is 0 Å². The summed E-state index contributed by atoms with van der Waals surface area (Å²) in [5, 5.41) is 15.2. The number of aromatic nitrogens is 2. The molecule has 172 valence electrons. The molecule has 7 nitrogen and oxygen atoms in total. The molecule has 7 heteroatoms. The molecule has 32 heavy (non-hydrogen) atoms. The summed E-state index contributed by atoms with van der Waals surface area (Å²) in [6.45, 7) is 4.63. The molecule has 0 amide bonds. The fraction of sp³-hybridized carbons (Fsp3) is 0.400. The second-order valence-corrected chi connectivity index (χ2v) is 7.58. The molecule has 0 fully saturated rings. The van der Waals surface area contributed by atoms with E-state index in [4.69, 9.17) is 19.3 Å². The summed E-state index contributed by atoms with van der Waals surface area (Å²) in [5.74, 6) is 1.43. The summed E-state index contributed by atoms with van der Waals surface area (Å²) in [7, 11) is 3.27. The third-order valence-corrected chi connectivity index (χ3v) is 5.13. The maximum atomic E-state index is 10.4. The van der Waals surface area contributed by atoms with Crippen molar-refractivity contribution in [3.8, 4) is 17.3 Å². The van der Waals surface area contributed by atoms with E-state index in [9.17, 15) is 5.11 Å². The van der Waals surface area contributed by atoms with Crippen molar-refractivity contribution >= 4 is 0 Å². The fourth-order valence-corrected chi connectivity index (χ4v) is 3.59. The van der Waals surface area contributed by atoms with Gasteiger partial charge in [0.2, 0.25) is 5.88 Å². The van der Waals surface area contributed by atoms with Crippen LogP contribution in [0.5, 0.6) is 11.6 Å². The molecule has 1 aromatic heterocycles. The number of benzene rings is 2. The number of aliphatic hydroxyl groups is 1. The van der Waals surface area contributed by atoms with E-state index >= 15 is 0 Å². The molecule has 3 rings (SSSR count). The first kappa shape index (κ1) is 23.9. The highest BCUT2D eigenvalue weighted by atomic mass is 16.5. The number of methoxy groups -OCH3 is 2. The van der Waals surface area contributed by atoms with Gasteiger partial charge < -0.3 is 19.3 Å². The summed E-state index contributed by atoms with van der Waals surface area (Å²) >= 11 is 0. The molecule has 0 unspecified atom stereocenters. The Bertz CT molecular complexity index is 931. The largest absolute Gasteiger partial charge is 0.439 e. The van der Waals surface area contributed by atoms with Gasteiger partial charge in [-0.3, -0.25) is 4.90 Å². The Morgan fingerprint density at radius 2 is 1.69 bits per heavy atom. The van der Waals surface area contributed by atoms with E-state index in [1.807, 2.05) is 65.3 Å². The van der Waals surface area contributed by atoms with E-state index in [0.717, 1.165) is 29.1 Å². The average Bonchev–Trinajstić information content (AvgIpc) is 3.15. The molecule has 1 atom stereocenters. The van der Waals surface area contributed by atoms with Crippen LogP contribution in [-0.4, -0.2) is 66.4 Å². The molecule has 0 saturated heterocycles. The Morgan fingerprint density at radius 1 is 1.00 bits per heavy atom. The van der Waals surface area contributed by atoms with Crippen molar-refractivity contribution in [1.29, 1.82) is 0 Å². The summed E-state index contributed by atoms with van der Waals surface area (Å²) in [5.41, 5.74) is 2.89. The van der Waals surface area contributed by atoms with E-state index in [2.05, 4.69) is 11.8 Å². The van der Waals surface area contributed by atoms with Crippen molar-refractivity contribution in [2.24, 2.45) is 0 Å². The quantitative estimate of drug-likeness (QED) is 0.438. The van der Waals surface area contributed by atoms with Gasteiger partial charge in [-0.25, -0.2) is 4.68 Å². The number of ether oxygens (including phenoxy) is 3. The van der Waals surface area contributed by atoms with Crippen molar-refractivity contribution in [3.05, 3.63) is 71.9 Å². The second-order valence-electron chi connectivity index (χ2n) is 7.58. The summed E-state index contributed by atoms with van der Waals surface area (Å²) in [6.07, 6.45) is 0.170. The molecule has 0 bridgehead atoms. The molecular formula is C25H33N3O4. The first-order chi connectivity index (χ1) is 15.7. The van der Waals surface area contributed by atoms with E-state index in [1.54, 1.807) is 14.2 Å². The Labute approximate surface area is 190 Å². The number of hydrogen-bond donors (Lipinski definition) is 1. The van der Waals surface area contributed by atoms with Crippen LogP contribution < -0.4 is 4.74 Å². The molecule has 1 heterocycles. The van der Waals surface area contributed by atoms with Crippen LogP contribution in [0.4, 0.5) is 0 Å². The van der Waals surface area contributed by atoms with E-state index in [1.165, 1.54) is 0 Å². The van der Waals surface area contributed by atoms with Gasteiger partial charge in [-0.1, -0.05) is 43.3 Å². The van der Waals surface area contributed by atoms with Crippen LogP contribution in [0.3, 0.4) is 0 Å². The van der Waals surface area contributed by atoms with Crippen LogP contribution in [0.2, 0.25) is 0 Å². The first-order valence-corrected chi connectivity index (χ1v) is 10.9. The van der Waals surface area contributed by atoms with Gasteiger partial charge in [0.15, 0.2) is 0 Å². The maximum absolute atomic E-state index is 10.4. The lowest BCUT2D eigenvalue weighted by molar-refractivity contribution is 0.0291. The summed E-state index contributed by atoms with van der Waals surface area (Å²) in [4.78, 5) is 2.15. The molecule has 0 aliphatic rings. The van der Waals surface area contributed by atoms with Gasteiger partial charge in [0.05, 0.1) is 36.3 Å². The minimum Gasteiger partial charge on any atom is -0.439 e. The third-order valence-electron chi connectivity index (χ3n) is 5.13. The van der Waals surface area contributed by atoms with Crippen molar-refractivity contribution in [1.82, 2.24) is 14.7 Å². The Morgan fingerprint density at radius 3 is 2.31 bits per heavy atom. The van der Waals surface area contributed by atoms with Crippen molar-refractivity contribution in [2.45, 2.75) is 26.0 Å². The molecular weight excluding hydrogens is 406 g/mol. The van der Waals surface area contributed by atoms with Crippen molar-refractivity contribution < 1.29 is 19.3 Å². The first-order valence-electron chi connectivity index (χ1n) is 10.9. The SMILES string of the molecule is CCc1nn(-c2ccccc2)c(Oc2ccccc2)c1CN(CCOC)C[C@H](O)COC. The van der Waals surface area contributed by atoms with Gasteiger partial charge in [-0.2, -0.15) is 5.10 Å². The van der Waals surface area contributed by atoms with Gasteiger partial charge in [-0.15, -0.1) is 0 Å². The Balaban J connectivity index is 2.00. The Hall–Kier alpha value is -2.71. The molecule has 0 aliphatic carbocycles. The van der Waals surface area contributed by atoms with Gasteiger partial charge in [0.1, 0.15) is 5.75 Å². The number of para-hydroxylation sites is 2. The zero-order valence-corrected chi connectivity index (χ0v) is 19.1. The molecule has 0 spiro atoms. The third kappa shape index (κ3) is 6.40. The smallest absolute Gasteiger partial charge is 0.227 e. The maximum Gasteiger partial charge on any atom is 0.227 e. The monoisotopic (exact) mass is 439 g/mol. The minimum absolute atomic E-state index is 0.279. The highest BCUT2D eigenvalue weighted by Gasteiger charge is 2.23. The summed E-state index contributed by atoms with van der Waals surface area (Å²) in [6, 6.07) is 19.7. The van der Waals surface area contributed by atoms with Crippen molar-refractivity contribution in [3.63, 3.8) is 0 Å². The normalized spacial score (nSPS) is 12.3. The fourth-order valence-electron chi connectivity index (χ4n) is 3.59. The number of aliphatic hydroxyl groups excluding tert-OH is 1. The number of aryl methyl sites for hydroxylation is 1. The van der Waals surface area contributed by atoms with E-state index in [0.29, 0.717) is 32.1 Å². The zero-order valence-electron chi connectivity index (χ0n) is 19.1. The van der Waals surface area contributed by atoms with Crippen LogP contribution in [-0.2, 0) is 22.4 Å². The zero-order chi connectivity index (χ0) is 22.8. The predicted molar refractivity (Wildman–Crippen MR) is 124 cm³/mol. The highest BCUT2D eigenvalue weighted by molar-refractivity contribution is 5.43. The molecule has 2 aromatic carbocycles. The van der Waals surface area contributed by atoms with E-state index in [-0.39, 0.29) is 6.61 Å². The Kier molecular flexibility index (Phi) is 9.25. The van der Waals surface area contributed by atoms with Gasteiger partial charge in [0.25, 0.3) is 0 Å². The molecule has 3 aromatic rings. The van der Waals surface area contributed by atoms with Gasteiger partial charge in [-0.05, 0) is 30.7 Å². The minimum atomic E-state index is -0.593. The lowest BCUT2D eigenvalue weighted by Crippen LogP contribution is -2.36. The van der Waals surface area contributed by atoms with Crippen LogP contribution >= 0.6 is 0 Å². The topological polar surface area (TPSA) is 69.0 Å². The van der Waals surface area contributed by atoms with Crippen LogP contribution in [0.25, 0.3) is 5.69 Å². The predicted octanol–water partition coefficient (Wildman–Crippen LogP) is 3.68. The van der Waals surface area contributed by atoms with Crippen LogP contribution in [0, 0.1) is 0 Å². The summed E-state index contributed by atoms with van der Waals surface area (Å²) < 4.78 is 18.7.